The van der Waals surface area contributed by atoms with E-state index in [0.29, 0.717) is 22.8 Å². The highest BCUT2D eigenvalue weighted by Gasteiger charge is 2.51. The van der Waals surface area contributed by atoms with Crippen LogP contribution in [-0.2, 0) is 4.79 Å². The lowest BCUT2D eigenvalue weighted by Crippen LogP contribution is -2.45. The van der Waals surface area contributed by atoms with Crippen molar-refractivity contribution in [1.29, 1.82) is 0 Å². The fraction of sp³-hybridized carbons (Fsp3) is 0.870. The largest absolute Gasteiger partial charge is 0.339 e. The number of allylic oxidation sites excluding steroid dienone is 2. The van der Waals surface area contributed by atoms with Gasteiger partial charge in [-0.2, -0.15) is 0 Å². The van der Waals surface area contributed by atoms with Crippen molar-refractivity contribution in [3.63, 3.8) is 0 Å². The molecule has 3 heteroatoms. The third-order valence-corrected chi connectivity index (χ3v) is 7.53. The summed E-state index contributed by atoms with van der Waals surface area (Å²) in [5, 5.41) is 0. The van der Waals surface area contributed by atoms with Crippen LogP contribution in [0.5, 0.6) is 0 Å². The van der Waals surface area contributed by atoms with Crippen molar-refractivity contribution in [3.8, 4) is 0 Å². The first-order chi connectivity index (χ1) is 12.3. The Bertz CT molecular complexity index is 561. The van der Waals surface area contributed by atoms with Gasteiger partial charge in [0.05, 0.1) is 0 Å². The number of likely N-dealkylation sites (tertiary alicyclic amines) is 2. The molecule has 26 heavy (non-hydrogen) atoms. The van der Waals surface area contributed by atoms with Gasteiger partial charge in [0.15, 0.2) is 0 Å². The molecule has 3 fully saturated rings. The SMILES string of the molecule is CC1(C)C[C@@H]2C[C@@](C)(CN2C(=O)C2CCN(C[C@@H]3CC=CCC3)CC2)C1. The van der Waals surface area contributed by atoms with Gasteiger partial charge in [-0.25, -0.2) is 0 Å². The van der Waals surface area contributed by atoms with Gasteiger partial charge in [-0.05, 0) is 81.2 Å². The molecule has 2 saturated heterocycles. The second kappa shape index (κ2) is 6.96. The van der Waals surface area contributed by atoms with E-state index >= 15 is 0 Å². The van der Waals surface area contributed by atoms with Crippen molar-refractivity contribution in [1.82, 2.24) is 9.80 Å². The van der Waals surface area contributed by atoms with Crippen LogP contribution < -0.4 is 0 Å². The molecule has 0 N–H and O–H groups in total. The Morgan fingerprint density at radius 1 is 1.08 bits per heavy atom. The number of hydrogen-bond donors (Lipinski definition) is 0. The van der Waals surface area contributed by atoms with E-state index in [-0.39, 0.29) is 5.92 Å². The Morgan fingerprint density at radius 3 is 2.54 bits per heavy atom. The maximum Gasteiger partial charge on any atom is 0.226 e. The highest BCUT2D eigenvalue weighted by Crippen LogP contribution is 2.52. The van der Waals surface area contributed by atoms with Crippen LogP contribution in [0.1, 0.15) is 72.1 Å². The summed E-state index contributed by atoms with van der Waals surface area (Å²) < 4.78 is 0. The van der Waals surface area contributed by atoms with Gasteiger partial charge in [0.1, 0.15) is 0 Å². The van der Waals surface area contributed by atoms with Crippen molar-refractivity contribution in [3.05, 3.63) is 12.2 Å². The predicted octanol–water partition coefficient (Wildman–Crippen LogP) is 4.48. The molecular formula is C23H38N2O. The van der Waals surface area contributed by atoms with Crippen LogP contribution in [-0.4, -0.2) is 47.9 Å². The summed E-state index contributed by atoms with van der Waals surface area (Å²) in [6, 6.07) is 0.503. The number of carbonyl (C=O) groups excluding carboxylic acids is 1. The predicted molar refractivity (Wildman–Crippen MR) is 107 cm³/mol. The molecule has 4 aliphatic rings. The van der Waals surface area contributed by atoms with Gasteiger partial charge in [0.25, 0.3) is 0 Å². The number of piperidine rings is 1. The monoisotopic (exact) mass is 358 g/mol. The lowest BCUT2D eigenvalue weighted by Gasteiger charge is -2.40. The van der Waals surface area contributed by atoms with E-state index in [1.165, 1.54) is 45.1 Å². The van der Waals surface area contributed by atoms with E-state index in [4.69, 9.17) is 0 Å². The van der Waals surface area contributed by atoms with Crippen LogP contribution in [0, 0.1) is 22.7 Å². The Labute approximate surface area is 160 Å². The van der Waals surface area contributed by atoms with Crippen molar-refractivity contribution < 1.29 is 4.79 Å². The Hall–Kier alpha value is -0.830. The van der Waals surface area contributed by atoms with E-state index in [1.807, 2.05) is 0 Å². The van der Waals surface area contributed by atoms with Crippen molar-refractivity contribution in [2.24, 2.45) is 22.7 Å². The average molecular weight is 359 g/mol. The third-order valence-electron chi connectivity index (χ3n) is 7.53. The molecule has 0 aromatic heterocycles. The molecule has 0 aromatic carbocycles. The number of hydrogen-bond acceptors (Lipinski definition) is 2. The zero-order valence-electron chi connectivity index (χ0n) is 17.2. The molecule has 1 saturated carbocycles. The quantitative estimate of drug-likeness (QED) is 0.694. The van der Waals surface area contributed by atoms with Gasteiger partial charge in [0.2, 0.25) is 5.91 Å². The van der Waals surface area contributed by atoms with Crippen LogP contribution in [0.4, 0.5) is 0 Å². The number of amides is 1. The van der Waals surface area contributed by atoms with Gasteiger partial charge in [-0.15, -0.1) is 0 Å². The number of nitrogens with zero attached hydrogens (tertiary/aromatic N) is 2. The minimum absolute atomic E-state index is 0.281. The van der Waals surface area contributed by atoms with Crippen molar-refractivity contribution >= 4 is 5.91 Å². The Balaban J connectivity index is 1.31. The fourth-order valence-corrected chi connectivity index (χ4v) is 6.70. The highest BCUT2D eigenvalue weighted by molar-refractivity contribution is 5.79. The van der Waals surface area contributed by atoms with E-state index in [0.717, 1.165) is 38.4 Å². The maximum absolute atomic E-state index is 13.3. The van der Waals surface area contributed by atoms with E-state index in [2.05, 4.69) is 42.7 Å². The Kier molecular flexibility index (Phi) is 4.96. The first-order valence-corrected chi connectivity index (χ1v) is 11.0. The fourth-order valence-electron chi connectivity index (χ4n) is 6.70. The summed E-state index contributed by atoms with van der Waals surface area (Å²) in [6.07, 6.45) is 14.4. The molecule has 2 bridgehead atoms. The minimum Gasteiger partial charge on any atom is -0.339 e. The number of fused-ring (bicyclic) bond motifs is 2. The van der Waals surface area contributed by atoms with Crippen molar-refractivity contribution in [2.75, 3.05) is 26.2 Å². The van der Waals surface area contributed by atoms with Crippen LogP contribution in [0.3, 0.4) is 0 Å². The molecular weight excluding hydrogens is 320 g/mol. The van der Waals surface area contributed by atoms with Crippen LogP contribution >= 0.6 is 0 Å². The maximum atomic E-state index is 13.3. The first kappa shape index (κ1) is 18.5. The van der Waals surface area contributed by atoms with Gasteiger partial charge in [-0.1, -0.05) is 32.9 Å². The molecule has 0 spiro atoms. The third kappa shape index (κ3) is 3.88. The molecule has 2 aliphatic carbocycles. The zero-order chi connectivity index (χ0) is 18.4. The Morgan fingerprint density at radius 2 is 1.85 bits per heavy atom. The van der Waals surface area contributed by atoms with E-state index in [9.17, 15) is 4.79 Å². The molecule has 0 aromatic rings. The molecule has 146 valence electrons. The van der Waals surface area contributed by atoms with Gasteiger partial charge >= 0.3 is 0 Å². The summed E-state index contributed by atoms with van der Waals surface area (Å²) in [4.78, 5) is 18.2. The van der Waals surface area contributed by atoms with Crippen molar-refractivity contribution in [2.45, 2.75) is 78.2 Å². The minimum atomic E-state index is 0.281. The topological polar surface area (TPSA) is 23.6 Å². The zero-order valence-corrected chi connectivity index (χ0v) is 17.2. The second-order valence-electron chi connectivity index (χ2n) is 10.9. The van der Waals surface area contributed by atoms with E-state index in [1.54, 1.807) is 0 Å². The summed E-state index contributed by atoms with van der Waals surface area (Å²) in [6.45, 7) is 11.7. The van der Waals surface area contributed by atoms with Gasteiger partial charge < -0.3 is 9.80 Å². The highest BCUT2D eigenvalue weighted by atomic mass is 16.2. The summed E-state index contributed by atoms with van der Waals surface area (Å²) >= 11 is 0. The lowest BCUT2D eigenvalue weighted by molar-refractivity contribution is -0.138. The molecule has 0 radical (unpaired) electrons. The summed E-state index contributed by atoms with van der Waals surface area (Å²) in [5.41, 5.74) is 0.752. The average Bonchev–Trinajstić information content (AvgIpc) is 2.85. The molecule has 2 heterocycles. The molecule has 1 amide bonds. The van der Waals surface area contributed by atoms with Crippen LogP contribution in [0.2, 0.25) is 0 Å². The van der Waals surface area contributed by atoms with Crippen LogP contribution in [0.15, 0.2) is 12.2 Å². The molecule has 0 unspecified atom stereocenters. The second-order valence-corrected chi connectivity index (χ2v) is 10.9. The molecule has 2 aliphatic heterocycles. The number of carbonyl (C=O) groups is 1. The van der Waals surface area contributed by atoms with E-state index < -0.39 is 0 Å². The first-order valence-electron chi connectivity index (χ1n) is 11.0. The summed E-state index contributed by atoms with van der Waals surface area (Å²) in [5.74, 6) is 1.60. The van der Waals surface area contributed by atoms with Gasteiger partial charge in [0, 0.05) is 25.0 Å². The number of rotatable bonds is 3. The molecule has 3 atom stereocenters. The summed E-state index contributed by atoms with van der Waals surface area (Å²) in [7, 11) is 0. The smallest absolute Gasteiger partial charge is 0.226 e. The molecule has 4 rings (SSSR count). The lowest BCUT2D eigenvalue weighted by atomic mass is 9.65. The van der Waals surface area contributed by atoms with Gasteiger partial charge in [-0.3, -0.25) is 4.79 Å². The molecule has 3 nitrogen and oxygen atoms in total. The normalized spacial score (nSPS) is 37.9. The van der Waals surface area contributed by atoms with Crippen LogP contribution in [0.25, 0.3) is 0 Å². The standard InChI is InChI=1S/C23H38N2O/c1-22(2)13-20-14-23(3,16-22)17-25(20)21(26)19-9-11-24(12-10-19)15-18-7-5-4-6-8-18/h4-5,18-20H,6-17H2,1-3H3/t18-,20-,23-/m1/s1.